The number of hydrogen-bond donors (Lipinski definition) is 1. The number of sulfonamides is 1. The van der Waals surface area contributed by atoms with Gasteiger partial charge in [-0.3, -0.25) is 9.69 Å². The summed E-state index contributed by atoms with van der Waals surface area (Å²) in [6.45, 7) is 3.94. The molecule has 2 aromatic rings. The van der Waals surface area contributed by atoms with Crippen LogP contribution in [-0.4, -0.2) is 56.3 Å². The number of nitrogens with one attached hydrogen (secondary N) is 1. The Morgan fingerprint density at radius 1 is 1.07 bits per heavy atom. The smallest absolute Gasteiger partial charge is 0.238 e. The first-order chi connectivity index (χ1) is 13.3. The summed E-state index contributed by atoms with van der Waals surface area (Å²) in [4.78, 5) is 14.2. The van der Waals surface area contributed by atoms with E-state index in [9.17, 15) is 13.2 Å². The van der Waals surface area contributed by atoms with Crippen LogP contribution in [0.5, 0.6) is 0 Å². The molecule has 0 saturated carbocycles. The summed E-state index contributed by atoms with van der Waals surface area (Å²) in [5, 5.41) is 3.32. The second-order valence-electron chi connectivity index (χ2n) is 6.95. The van der Waals surface area contributed by atoms with Gasteiger partial charge in [-0.05, 0) is 30.2 Å². The first kappa shape index (κ1) is 20.8. The quantitative estimate of drug-likeness (QED) is 0.778. The molecule has 1 heterocycles. The molecular weight excluding hydrogens is 398 g/mol. The summed E-state index contributed by atoms with van der Waals surface area (Å²) < 4.78 is 26.7. The summed E-state index contributed by atoms with van der Waals surface area (Å²) in [7, 11) is -3.36. The van der Waals surface area contributed by atoms with Crippen LogP contribution in [-0.2, 0) is 20.6 Å². The van der Waals surface area contributed by atoms with Crippen molar-refractivity contribution in [1.29, 1.82) is 0 Å². The molecule has 0 bridgehead atoms. The lowest BCUT2D eigenvalue weighted by Crippen LogP contribution is -2.50. The maximum atomic E-state index is 12.6. The third-order valence-corrected chi connectivity index (χ3v) is 6.85. The lowest BCUT2D eigenvalue weighted by atomic mass is 10.2. The van der Waals surface area contributed by atoms with Gasteiger partial charge in [0.1, 0.15) is 0 Å². The molecule has 2 aromatic carbocycles. The second kappa shape index (κ2) is 9.05. The summed E-state index contributed by atoms with van der Waals surface area (Å²) >= 11 is 6.15. The Bertz CT molecular complexity index is 927. The number of halogens is 1. The van der Waals surface area contributed by atoms with Gasteiger partial charge in [-0.2, -0.15) is 4.31 Å². The van der Waals surface area contributed by atoms with E-state index in [0.29, 0.717) is 36.9 Å². The van der Waals surface area contributed by atoms with Crippen molar-refractivity contribution in [2.75, 3.05) is 38.0 Å². The average Bonchev–Trinajstić information content (AvgIpc) is 2.65. The third kappa shape index (κ3) is 5.54. The Kier molecular flexibility index (Phi) is 6.72. The highest BCUT2D eigenvalue weighted by Crippen LogP contribution is 2.22. The van der Waals surface area contributed by atoms with Gasteiger partial charge in [0.2, 0.25) is 15.9 Å². The number of anilines is 1. The number of aryl methyl sites for hydroxylation is 1. The van der Waals surface area contributed by atoms with E-state index in [1.165, 1.54) is 4.31 Å². The second-order valence-corrected chi connectivity index (χ2v) is 9.32. The van der Waals surface area contributed by atoms with Crippen molar-refractivity contribution in [3.05, 3.63) is 64.7 Å². The normalized spacial score (nSPS) is 16.1. The van der Waals surface area contributed by atoms with E-state index in [-0.39, 0.29) is 18.2 Å². The number of amides is 1. The van der Waals surface area contributed by atoms with E-state index in [4.69, 9.17) is 11.6 Å². The largest absolute Gasteiger partial charge is 0.324 e. The van der Waals surface area contributed by atoms with Crippen LogP contribution in [0.15, 0.2) is 48.5 Å². The Morgan fingerprint density at radius 3 is 2.39 bits per heavy atom. The molecule has 0 aromatic heterocycles. The van der Waals surface area contributed by atoms with Crippen LogP contribution in [0.3, 0.4) is 0 Å². The molecule has 1 fully saturated rings. The van der Waals surface area contributed by atoms with Crippen LogP contribution in [0.25, 0.3) is 0 Å². The van der Waals surface area contributed by atoms with Crippen LogP contribution in [0.2, 0.25) is 5.02 Å². The van der Waals surface area contributed by atoms with E-state index >= 15 is 0 Å². The molecule has 1 aliphatic heterocycles. The highest BCUT2D eigenvalue weighted by Gasteiger charge is 2.27. The average molecular weight is 422 g/mol. The Balaban J connectivity index is 1.50. The van der Waals surface area contributed by atoms with Gasteiger partial charge >= 0.3 is 0 Å². The van der Waals surface area contributed by atoms with Crippen molar-refractivity contribution in [1.82, 2.24) is 9.21 Å². The van der Waals surface area contributed by atoms with E-state index < -0.39 is 10.0 Å². The van der Waals surface area contributed by atoms with Gasteiger partial charge in [0.05, 0.1) is 23.0 Å². The molecule has 6 nitrogen and oxygen atoms in total. The van der Waals surface area contributed by atoms with E-state index in [2.05, 4.69) is 5.32 Å². The van der Waals surface area contributed by atoms with Crippen molar-refractivity contribution in [2.24, 2.45) is 0 Å². The number of carbonyl (C=O) groups excluding carboxylic acids is 1. The van der Waals surface area contributed by atoms with Gasteiger partial charge in [-0.15, -0.1) is 0 Å². The molecule has 1 amide bonds. The minimum Gasteiger partial charge on any atom is -0.324 e. The Labute approximate surface area is 171 Å². The summed E-state index contributed by atoms with van der Waals surface area (Å²) in [6, 6.07) is 14.6. The zero-order valence-corrected chi connectivity index (χ0v) is 17.3. The molecule has 150 valence electrons. The third-order valence-electron chi connectivity index (χ3n) is 4.68. The Morgan fingerprint density at radius 2 is 1.75 bits per heavy atom. The van der Waals surface area contributed by atoms with Gasteiger partial charge in [0.25, 0.3) is 0 Å². The monoisotopic (exact) mass is 421 g/mol. The van der Waals surface area contributed by atoms with Crippen molar-refractivity contribution in [3.8, 4) is 0 Å². The van der Waals surface area contributed by atoms with Crippen molar-refractivity contribution in [2.45, 2.75) is 12.7 Å². The maximum Gasteiger partial charge on any atom is 0.238 e. The van der Waals surface area contributed by atoms with Crippen LogP contribution >= 0.6 is 11.6 Å². The SMILES string of the molecule is Cc1ccc(NC(=O)CN2CCN(S(=O)(=O)Cc3ccccc3)CC2)c(Cl)c1. The van der Waals surface area contributed by atoms with E-state index in [1.807, 2.05) is 48.2 Å². The molecule has 1 aliphatic rings. The number of nitrogens with zero attached hydrogens (tertiary/aromatic N) is 2. The number of piperazine rings is 1. The number of benzene rings is 2. The fraction of sp³-hybridized carbons (Fsp3) is 0.350. The molecule has 1 N–H and O–H groups in total. The van der Waals surface area contributed by atoms with Gasteiger partial charge in [0, 0.05) is 26.2 Å². The summed E-state index contributed by atoms with van der Waals surface area (Å²) in [6.07, 6.45) is 0. The maximum absolute atomic E-state index is 12.6. The molecule has 8 heteroatoms. The predicted molar refractivity (Wildman–Crippen MR) is 112 cm³/mol. The molecule has 1 saturated heterocycles. The molecule has 0 unspecified atom stereocenters. The summed E-state index contributed by atoms with van der Waals surface area (Å²) in [5.74, 6) is -0.161. The minimum atomic E-state index is -3.36. The topological polar surface area (TPSA) is 69.7 Å². The fourth-order valence-electron chi connectivity index (χ4n) is 3.16. The molecule has 0 aliphatic carbocycles. The highest BCUT2D eigenvalue weighted by molar-refractivity contribution is 7.88. The number of rotatable bonds is 6. The Hall–Kier alpha value is -1.93. The van der Waals surface area contributed by atoms with Gasteiger partial charge in [-0.25, -0.2) is 8.42 Å². The predicted octanol–water partition coefficient (Wildman–Crippen LogP) is 2.73. The van der Waals surface area contributed by atoms with E-state index in [1.54, 1.807) is 12.1 Å². The van der Waals surface area contributed by atoms with Crippen molar-refractivity contribution < 1.29 is 13.2 Å². The molecule has 3 rings (SSSR count). The van der Waals surface area contributed by atoms with Crippen LogP contribution in [0.1, 0.15) is 11.1 Å². The first-order valence-electron chi connectivity index (χ1n) is 9.13. The van der Waals surface area contributed by atoms with Crippen molar-refractivity contribution in [3.63, 3.8) is 0 Å². The molecule has 0 radical (unpaired) electrons. The highest BCUT2D eigenvalue weighted by atomic mass is 35.5. The standard InChI is InChI=1S/C20H24ClN3O3S/c1-16-7-8-19(18(21)13-16)22-20(25)14-23-9-11-24(12-10-23)28(26,27)15-17-5-3-2-4-6-17/h2-8,13H,9-12,14-15H2,1H3,(H,22,25). The molecule has 28 heavy (non-hydrogen) atoms. The van der Waals surface area contributed by atoms with Crippen LogP contribution < -0.4 is 5.32 Å². The van der Waals surface area contributed by atoms with Gasteiger partial charge in [-0.1, -0.05) is 48.0 Å². The summed E-state index contributed by atoms with van der Waals surface area (Å²) in [5.41, 5.74) is 2.39. The number of hydrogen-bond acceptors (Lipinski definition) is 4. The molecule has 0 atom stereocenters. The fourth-order valence-corrected chi connectivity index (χ4v) is 4.95. The minimum absolute atomic E-state index is 0.000247. The van der Waals surface area contributed by atoms with Crippen LogP contribution in [0, 0.1) is 6.92 Å². The number of carbonyl (C=O) groups is 1. The van der Waals surface area contributed by atoms with E-state index in [0.717, 1.165) is 11.1 Å². The lowest BCUT2D eigenvalue weighted by molar-refractivity contribution is -0.117. The van der Waals surface area contributed by atoms with Gasteiger partial charge in [0.15, 0.2) is 0 Å². The van der Waals surface area contributed by atoms with Crippen molar-refractivity contribution >= 4 is 33.2 Å². The molecule has 0 spiro atoms. The van der Waals surface area contributed by atoms with Crippen LogP contribution in [0.4, 0.5) is 5.69 Å². The zero-order valence-electron chi connectivity index (χ0n) is 15.8. The zero-order chi connectivity index (χ0) is 20.1. The lowest BCUT2D eigenvalue weighted by Gasteiger charge is -2.33. The van der Waals surface area contributed by atoms with Gasteiger partial charge < -0.3 is 5.32 Å². The first-order valence-corrected chi connectivity index (χ1v) is 11.1. The molecular formula is C20H24ClN3O3S.